The van der Waals surface area contributed by atoms with Crippen LogP contribution in [0.4, 0.5) is 4.39 Å². The van der Waals surface area contributed by atoms with Crippen LogP contribution in [-0.2, 0) is 0 Å². The molecule has 3 nitrogen and oxygen atoms in total. The van der Waals surface area contributed by atoms with E-state index in [2.05, 4.69) is 0 Å². The average Bonchev–Trinajstić information content (AvgIpc) is 2.21. The first-order valence-corrected chi connectivity index (χ1v) is 4.95. The minimum atomic E-state index is -1.30. The van der Waals surface area contributed by atoms with Crippen LogP contribution in [0.5, 0.6) is 0 Å². The molecule has 0 aromatic heterocycles. The van der Waals surface area contributed by atoms with Crippen molar-refractivity contribution in [1.82, 2.24) is 0 Å². The normalized spacial score (nSPS) is 15.0. The summed E-state index contributed by atoms with van der Waals surface area (Å²) in [5.41, 5.74) is 5.21. The Bertz CT molecular complexity index is 335. The maximum Gasteiger partial charge on any atom is 0.129 e. The first-order valence-electron chi connectivity index (χ1n) is 4.57. The van der Waals surface area contributed by atoms with Gasteiger partial charge in [-0.1, -0.05) is 11.6 Å². The molecule has 1 aromatic carbocycles. The molecule has 0 heterocycles. The Balaban J connectivity index is 2.89. The molecular weight excluding hydrogens is 221 g/mol. The van der Waals surface area contributed by atoms with Crippen LogP contribution >= 0.6 is 11.6 Å². The summed E-state index contributed by atoms with van der Waals surface area (Å²) < 4.78 is 13.3. The van der Waals surface area contributed by atoms with E-state index in [0.29, 0.717) is 5.02 Å². The lowest BCUT2D eigenvalue weighted by Crippen LogP contribution is -2.22. The van der Waals surface area contributed by atoms with Crippen LogP contribution in [0.3, 0.4) is 0 Å². The molecule has 0 saturated heterocycles. The van der Waals surface area contributed by atoms with Crippen molar-refractivity contribution in [3.8, 4) is 0 Å². The van der Waals surface area contributed by atoms with E-state index < -0.39 is 18.0 Å². The zero-order valence-electron chi connectivity index (χ0n) is 8.03. The molecule has 1 rings (SSSR count). The van der Waals surface area contributed by atoms with Gasteiger partial charge in [-0.05, 0) is 31.2 Å². The van der Waals surface area contributed by atoms with Gasteiger partial charge in [-0.15, -0.1) is 0 Å². The predicted molar refractivity (Wildman–Crippen MR) is 56.0 cm³/mol. The van der Waals surface area contributed by atoms with Gasteiger partial charge in [0.05, 0.1) is 6.10 Å². The van der Waals surface area contributed by atoms with Gasteiger partial charge in [0.1, 0.15) is 11.9 Å². The first kappa shape index (κ1) is 12.4. The number of benzene rings is 1. The van der Waals surface area contributed by atoms with Crippen molar-refractivity contribution in [2.24, 2.45) is 5.73 Å². The monoisotopic (exact) mass is 233 g/mol. The summed E-state index contributed by atoms with van der Waals surface area (Å²) in [5, 5.41) is 19.4. The van der Waals surface area contributed by atoms with E-state index in [1.807, 2.05) is 0 Å². The molecule has 15 heavy (non-hydrogen) atoms. The van der Waals surface area contributed by atoms with Gasteiger partial charge in [-0.3, -0.25) is 0 Å². The molecule has 0 aliphatic rings. The number of halogens is 2. The summed E-state index contributed by atoms with van der Waals surface area (Å²) in [6.45, 7) is 0.223. The Morgan fingerprint density at radius 2 is 2.07 bits per heavy atom. The molecule has 0 spiro atoms. The fourth-order valence-electron chi connectivity index (χ4n) is 1.28. The van der Waals surface area contributed by atoms with Crippen molar-refractivity contribution in [2.75, 3.05) is 6.54 Å². The van der Waals surface area contributed by atoms with Crippen LogP contribution in [-0.4, -0.2) is 22.9 Å². The lowest BCUT2D eigenvalue weighted by Gasteiger charge is -2.18. The van der Waals surface area contributed by atoms with E-state index >= 15 is 0 Å². The summed E-state index contributed by atoms with van der Waals surface area (Å²) in [7, 11) is 0. The van der Waals surface area contributed by atoms with Gasteiger partial charge in [-0.25, -0.2) is 4.39 Å². The van der Waals surface area contributed by atoms with Gasteiger partial charge in [-0.2, -0.15) is 0 Å². The van der Waals surface area contributed by atoms with E-state index in [0.717, 1.165) is 6.07 Å². The van der Waals surface area contributed by atoms with Gasteiger partial charge in [0.15, 0.2) is 0 Å². The molecule has 0 amide bonds. The molecule has 84 valence electrons. The summed E-state index contributed by atoms with van der Waals surface area (Å²) in [4.78, 5) is 0. The number of rotatable bonds is 4. The van der Waals surface area contributed by atoms with Crippen LogP contribution < -0.4 is 5.73 Å². The third-order valence-electron chi connectivity index (χ3n) is 2.10. The second-order valence-electron chi connectivity index (χ2n) is 3.26. The van der Waals surface area contributed by atoms with E-state index in [-0.39, 0.29) is 18.5 Å². The van der Waals surface area contributed by atoms with Crippen molar-refractivity contribution in [3.05, 3.63) is 34.6 Å². The van der Waals surface area contributed by atoms with Gasteiger partial charge >= 0.3 is 0 Å². The van der Waals surface area contributed by atoms with Crippen LogP contribution in [0.2, 0.25) is 5.02 Å². The molecule has 1 aromatic rings. The van der Waals surface area contributed by atoms with Crippen molar-refractivity contribution in [1.29, 1.82) is 0 Å². The lowest BCUT2D eigenvalue weighted by molar-refractivity contribution is 0.0130. The molecule has 0 fully saturated rings. The quantitative estimate of drug-likeness (QED) is 0.733. The highest BCUT2D eigenvalue weighted by Crippen LogP contribution is 2.24. The smallest absolute Gasteiger partial charge is 0.129 e. The Morgan fingerprint density at radius 3 is 2.67 bits per heavy atom. The highest BCUT2D eigenvalue weighted by molar-refractivity contribution is 6.30. The second-order valence-corrected chi connectivity index (χ2v) is 3.69. The molecule has 0 bridgehead atoms. The minimum Gasteiger partial charge on any atom is -0.390 e. The molecule has 0 aliphatic carbocycles. The number of nitrogens with two attached hydrogens (primary N) is 1. The van der Waals surface area contributed by atoms with Gasteiger partial charge in [0, 0.05) is 10.6 Å². The van der Waals surface area contributed by atoms with Gasteiger partial charge in [0.25, 0.3) is 0 Å². The third-order valence-corrected chi connectivity index (χ3v) is 2.34. The molecule has 4 N–H and O–H groups in total. The fourth-order valence-corrected chi connectivity index (χ4v) is 1.46. The van der Waals surface area contributed by atoms with Crippen molar-refractivity contribution < 1.29 is 14.6 Å². The number of aliphatic hydroxyl groups is 2. The summed E-state index contributed by atoms with van der Waals surface area (Å²) in [6.07, 6.45) is -2.18. The van der Waals surface area contributed by atoms with E-state index in [1.54, 1.807) is 0 Å². The number of hydrogen-bond donors (Lipinski definition) is 3. The van der Waals surface area contributed by atoms with Gasteiger partial charge in [0.2, 0.25) is 0 Å². The zero-order valence-corrected chi connectivity index (χ0v) is 8.78. The fraction of sp³-hybridized carbons (Fsp3) is 0.400. The van der Waals surface area contributed by atoms with Crippen molar-refractivity contribution in [2.45, 2.75) is 18.6 Å². The Hall–Kier alpha value is -0.680. The van der Waals surface area contributed by atoms with Crippen LogP contribution in [0, 0.1) is 5.82 Å². The Labute approximate surface area is 92.3 Å². The van der Waals surface area contributed by atoms with Crippen LogP contribution in [0.15, 0.2) is 18.2 Å². The average molecular weight is 234 g/mol. The molecule has 0 aliphatic heterocycles. The van der Waals surface area contributed by atoms with Crippen LogP contribution in [0.1, 0.15) is 18.1 Å². The standard InChI is InChI=1S/C10H13ClFNO2/c11-6-1-2-8(12)7(5-6)10(15)9(14)3-4-13/h1-2,5,9-10,14-15H,3-4,13H2. The SMILES string of the molecule is NCCC(O)C(O)c1cc(Cl)ccc1F. The molecule has 0 radical (unpaired) electrons. The first-order chi connectivity index (χ1) is 7.06. The van der Waals surface area contributed by atoms with Gasteiger partial charge < -0.3 is 15.9 Å². The Morgan fingerprint density at radius 1 is 1.40 bits per heavy atom. The largest absolute Gasteiger partial charge is 0.390 e. The van der Waals surface area contributed by atoms with Crippen molar-refractivity contribution in [3.63, 3.8) is 0 Å². The predicted octanol–water partition coefficient (Wildman–Crippen LogP) is 1.22. The third kappa shape index (κ3) is 3.14. The summed E-state index contributed by atoms with van der Waals surface area (Å²) in [5.74, 6) is -0.594. The number of aliphatic hydroxyl groups excluding tert-OH is 2. The van der Waals surface area contributed by atoms with E-state index in [1.165, 1.54) is 12.1 Å². The number of hydrogen-bond acceptors (Lipinski definition) is 3. The highest BCUT2D eigenvalue weighted by Gasteiger charge is 2.20. The molecule has 0 saturated carbocycles. The molecular formula is C10H13ClFNO2. The van der Waals surface area contributed by atoms with E-state index in [4.69, 9.17) is 17.3 Å². The molecule has 2 atom stereocenters. The van der Waals surface area contributed by atoms with Crippen molar-refractivity contribution >= 4 is 11.6 Å². The molecule has 2 unspecified atom stereocenters. The maximum atomic E-state index is 13.3. The zero-order chi connectivity index (χ0) is 11.4. The lowest BCUT2D eigenvalue weighted by atomic mass is 10.0. The van der Waals surface area contributed by atoms with Crippen LogP contribution in [0.25, 0.3) is 0 Å². The second kappa shape index (κ2) is 5.42. The van der Waals surface area contributed by atoms with E-state index in [9.17, 15) is 14.6 Å². The summed E-state index contributed by atoms with van der Waals surface area (Å²) in [6, 6.07) is 3.82. The Kier molecular flexibility index (Phi) is 4.47. The molecule has 5 heteroatoms. The maximum absolute atomic E-state index is 13.3. The summed E-state index contributed by atoms with van der Waals surface area (Å²) >= 11 is 5.66. The minimum absolute atomic E-state index is 0.0107. The highest BCUT2D eigenvalue weighted by atomic mass is 35.5. The topological polar surface area (TPSA) is 66.5 Å².